The van der Waals surface area contributed by atoms with Crippen LogP contribution in [0, 0.1) is 11.3 Å². The molecule has 0 spiro atoms. The summed E-state index contributed by atoms with van der Waals surface area (Å²) in [6, 6.07) is 9.90. The molecule has 112 valence electrons. The fraction of sp³-hybridized carbons (Fsp3) is 0.500. The maximum absolute atomic E-state index is 10.4. The minimum Gasteiger partial charge on any atom is -0.481 e. The van der Waals surface area contributed by atoms with Crippen LogP contribution in [0.4, 0.5) is 0 Å². The zero-order chi connectivity index (χ0) is 15.1. The predicted octanol–water partition coefficient (Wildman–Crippen LogP) is 2.01. The molecule has 5 nitrogen and oxygen atoms in total. The lowest BCUT2D eigenvalue weighted by Crippen LogP contribution is -2.37. The molecule has 1 saturated heterocycles. The molecule has 0 aromatic heterocycles. The van der Waals surface area contributed by atoms with Gasteiger partial charge in [0.2, 0.25) is 0 Å². The van der Waals surface area contributed by atoms with Crippen molar-refractivity contribution in [1.29, 1.82) is 5.26 Å². The molecule has 1 aliphatic heterocycles. The molecule has 2 rings (SSSR count). The van der Waals surface area contributed by atoms with Gasteiger partial charge in [-0.3, -0.25) is 9.69 Å². The summed E-state index contributed by atoms with van der Waals surface area (Å²) in [5.74, 6) is -0.819. The van der Waals surface area contributed by atoms with Crippen LogP contribution < -0.4 is 0 Å². The summed E-state index contributed by atoms with van der Waals surface area (Å²) in [6.45, 7) is 2.90. The highest BCUT2D eigenvalue weighted by Gasteiger charge is 2.20. The van der Waals surface area contributed by atoms with E-state index in [-0.39, 0.29) is 19.1 Å². The molecule has 0 radical (unpaired) electrons. The number of hydrogen-bond donors (Lipinski definition) is 1. The number of hydrogen-bond acceptors (Lipinski definition) is 4. The maximum Gasteiger partial charge on any atom is 0.305 e. The summed E-state index contributed by atoms with van der Waals surface area (Å²) in [5.41, 5.74) is 1.79. The van der Waals surface area contributed by atoms with Crippen LogP contribution in [0.3, 0.4) is 0 Å². The Morgan fingerprint density at radius 3 is 2.76 bits per heavy atom. The molecule has 0 aliphatic carbocycles. The summed E-state index contributed by atoms with van der Waals surface area (Å²) < 4.78 is 5.58. The molecule has 1 N–H and O–H groups in total. The van der Waals surface area contributed by atoms with Crippen molar-refractivity contribution in [3.05, 3.63) is 35.4 Å². The first-order valence-corrected chi connectivity index (χ1v) is 7.23. The second kappa shape index (κ2) is 7.77. The van der Waals surface area contributed by atoms with Crippen LogP contribution in [0.5, 0.6) is 0 Å². The van der Waals surface area contributed by atoms with Crippen molar-refractivity contribution < 1.29 is 14.6 Å². The van der Waals surface area contributed by atoms with E-state index >= 15 is 0 Å². The number of carboxylic acids is 1. The van der Waals surface area contributed by atoms with Crippen molar-refractivity contribution in [3.63, 3.8) is 0 Å². The fourth-order valence-corrected chi connectivity index (χ4v) is 2.56. The van der Waals surface area contributed by atoms with Crippen LogP contribution in [0.25, 0.3) is 0 Å². The normalized spacial score (nSPS) is 16.5. The van der Waals surface area contributed by atoms with E-state index < -0.39 is 5.97 Å². The lowest BCUT2D eigenvalue weighted by molar-refractivity contribution is -0.138. The number of benzene rings is 1. The number of piperidine rings is 1. The Labute approximate surface area is 124 Å². The first-order valence-electron chi connectivity index (χ1n) is 7.23. The van der Waals surface area contributed by atoms with Gasteiger partial charge < -0.3 is 9.84 Å². The average Bonchev–Trinajstić information content (AvgIpc) is 2.49. The largest absolute Gasteiger partial charge is 0.481 e. The third kappa shape index (κ3) is 4.85. The summed E-state index contributed by atoms with van der Waals surface area (Å²) in [7, 11) is 0. The fourth-order valence-electron chi connectivity index (χ4n) is 2.56. The first kappa shape index (κ1) is 15.5. The van der Waals surface area contributed by atoms with Gasteiger partial charge in [0.25, 0.3) is 0 Å². The van der Waals surface area contributed by atoms with E-state index in [1.54, 1.807) is 0 Å². The zero-order valence-electron chi connectivity index (χ0n) is 12.0. The molecule has 5 heteroatoms. The minimum atomic E-state index is -0.819. The van der Waals surface area contributed by atoms with Gasteiger partial charge in [-0.15, -0.1) is 0 Å². The van der Waals surface area contributed by atoms with E-state index in [2.05, 4.69) is 11.0 Å². The highest BCUT2D eigenvalue weighted by molar-refractivity contribution is 5.66. The van der Waals surface area contributed by atoms with Crippen molar-refractivity contribution in [1.82, 2.24) is 4.90 Å². The summed E-state index contributed by atoms with van der Waals surface area (Å²) >= 11 is 0. The Balaban J connectivity index is 1.76. The quantitative estimate of drug-likeness (QED) is 0.867. The SMILES string of the molecule is N#Cc1ccccc1CN1CCC(OCCC(=O)O)CC1. The Morgan fingerprint density at radius 1 is 1.38 bits per heavy atom. The summed E-state index contributed by atoms with van der Waals surface area (Å²) in [6.07, 6.45) is 2.05. The maximum atomic E-state index is 10.4. The van der Waals surface area contributed by atoms with E-state index in [1.165, 1.54) is 0 Å². The minimum absolute atomic E-state index is 0.0652. The van der Waals surface area contributed by atoms with Crippen molar-refractivity contribution in [2.24, 2.45) is 0 Å². The first-order chi connectivity index (χ1) is 10.2. The van der Waals surface area contributed by atoms with Crippen LogP contribution in [-0.2, 0) is 16.1 Å². The van der Waals surface area contributed by atoms with E-state index in [4.69, 9.17) is 15.1 Å². The number of carboxylic acid groups (broad SMARTS) is 1. The van der Waals surface area contributed by atoms with Crippen LogP contribution in [0.1, 0.15) is 30.4 Å². The Hall–Kier alpha value is -1.90. The van der Waals surface area contributed by atoms with Gasteiger partial charge in [0.1, 0.15) is 0 Å². The van der Waals surface area contributed by atoms with Gasteiger partial charge in [-0.2, -0.15) is 5.26 Å². The van der Waals surface area contributed by atoms with E-state index in [1.807, 2.05) is 24.3 Å². The molecule has 0 saturated carbocycles. The molecule has 21 heavy (non-hydrogen) atoms. The van der Waals surface area contributed by atoms with E-state index in [9.17, 15) is 4.79 Å². The topological polar surface area (TPSA) is 73.6 Å². The number of rotatable bonds is 6. The molecule has 0 bridgehead atoms. The van der Waals surface area contributed by atoms with Crippen molar-refractivity contribution in [3.8, 4) is 6.07 Å². The lowest BCUT2D eigenvalue weighted by Gasteiger charge is -2.32. The van der Waals surface area contributed by atoms with Gasteiger partial charge in [0, 0.05) is 19.6 Å². The van der Waals surface area contributed by atoms with Crippen LogP contribution in [-0.4, -0.2) is 41.8 Å². The third-order valence-electron chi connectivity index (χ3n) is 3.74. The Morgan fingerprint density at radius 2 is 2.10 bits per heavy atom. The van der Waals surface area contributed by atoms with Crippen molar-refractivity contribution in [2.75, 3.05) is 19.7 Å². The van der Waals surface area contributed by atoms with Crippen LogP contribution in [0.15, 0.2) is 24.3 Å². The average molecular weight is 288 g/mol. The molecule has 1 aliphatic rings. The molecule has 1 fully saturated rings. The summed E-state index contributed by atoms with van der Waals surface area (Å²) in [4.78, 5) is 12.8. The second-order valence-electron chi connectivity index (χ2n) is 5.26. The van der Waals surface area contributed by atoms with Gasteiger partial charge in [0.15, 0.2) is 0 Å². The van der Waals surface area contributed by atoms with Crippen molar-refractivity contribution >= 4 is 5.97 Å². The van der Waals surface area contributed by atoms with Gasteiger partial charge in [-0.05, 0) is 24.5 Å². The smallest absolute Gasteiger partial charge is 0.305 e. The third-order valence-corrected chi connectivity index (χ3v) is 3.74. The number of nitrogens with zero attached hydrogens (tertiary/aromatic N) is 2. The molecule has 0 atom stereocenters. The van der Waals surface area contributed by atoms with E-state index in [0.29, 0.717) is 0 Å². The highest BCUT2D eigenvalue weighted by Crippen LogP contribution is 2.18. The zero-order valence-corrected chi connectivity index (χ0v) is 12.0. The highest BCUT2D eigenvalue weighted by atomic mass is 16.5. The summed E-state index contributed by atoms with van der Waals surface area (Å²) in [5, 5.41) is 17.7. The number of likely N-dealkylation sites (tertiary alicyclic amines) is 1. The predicted molar refractivity (Wildman–Crippen MR) is 77.7 cm³/mol. The van der Waals surface area contributed by atoms with Gasteiger partial charge in [-0.25, -0.2) is 0 Å². The van der Waals surface area contributed by atoms with Gasteiger partial charge >= 0.3 is 5.97 Å². The van der Waals surface area contributed by atoms with Crippen molar-refractivity contribution in [2.45, 2.75) is 31.9 Å². The molecular weight excluding hydrogens is 268 g/mol. The molecular formula is C16H20N2O3. The monoisotopic (exact) mass is 288 g/mol. The van der Waals surface area contributed by atoms with E-state index in [0.717, 1.165) is 43.6 Å². The molecule has 0 amide bonds. The molecule has 0 unspecified atom stereocenters. The number of nitriles is 1. The second-order valence-corrected chi connectivity index (χ2v) is 5.26. The number of aliphatic carboxylic acids is 1. The Kier molecular flexibility index (Phi) is 5.73. The van der Waals surface area contributed by atoms with Gasteiger partial charge in [-0.1, -0.05) is 18.2 Å². The standard InChI is InChI=1S/C16H20N2O3/c17-11-13-3-1-2-4-14(13)12-18-8-5-15(6-9-18)21-10-7-16(19)20/h1-4,15H,5-10,12H2,(H,19,20). The Bertz CT molecular complexity index is 516. The molecule has 1 aromatic rings. The number of carbonyl (C=O) groups is 1. The molecule has 1 aromatic carbocycles. The molecule has 1 heterocycles. The van der Waals surface area contributed by atoms with Crippen LogP contribution >= 0.6 is 0 Å². The van der Waals surface area contributed by atoms with Gasteiger partial charge in [0.05, 0.1) is 30.8 Å². The number of ether oxygens (including phenoxy) is 1. The lowest BCUT2D eigenvalue weighted by atomic mass is 10.0. The van der Waals surface area contributed by atoms with Crippen LogP contribution in [0.2, 0.25) is 0 Å².